The first-order valence-corrected chi connectivity index (χ1v) is 11.2. The van der Waals surface area contributed by atoms with Gasteiger partial charge >= 0.3 is 0 Å². The van der Waals surface area contributed by atoms with E-state index in [9.17, 15) is 13.2 Å². The quantitative estimate of drug-likeness (QED) is 0.888. The third-order valence-electron chi connectivity index (χ3n) is 5.91. The molecule has 1 aromatic heterocycles. The molecule has 1 aliphatic heterocycles. The number of nitrogens with one attached hydrogen (secondary N) is 1. The van der Waals surface area contributed by atoms with Gasteiger partial charge in [0, 0.05) is 19.1 Å². The zero-order valence-electron chi connectivity index (χ0n) is 13.7. The van der Waals surface area contributed by atoms with E-state index >= 15 is 0 Å². The van der Waals surface area contributed by atoms with Gasteiger partial charge in [0.25, 0.3) is 10.0 Å². The van der Waals surface area contributed by atoms with Crippen LogP contribution in [0.25, 0.3) is 0 Å². The normalized spacial score (nSPS) is 33.7. The largest absolute Gasteiger partial charge is 0.353 e. The highest BCUT2D eigenvalue weighted by atomic mass is 32.2. The average Bonchev–Trinajstić information content (AvgIpc) is 3.32. The maximum Gasteiger partial charge on any atom is 0.252 e. The number of sulfonamides is 1. The van der Waals surface area contributed by atoms with E-state index in [0.29, 0.717) is 29.3 Å². The molecular formula is C17H24N2O3S2. The molecule has 3 aliphatic rings. The van der Waals surface area contributed by atoms with Crippen LogP contribution in [0.3, 0.4) is 0 Å². The molecule has 0 radical (unpaired) electrons. The van der Waals surface area contributed by atoms with Gasteiger partial charge in [-0.05, 0) is 55.4 Å². The van der Waals surface area contributed by atoms with Crippen LogP contribution in [-0.4, -0.2) is 37.8 Å². The van der Waals surface area contributed by atoms with Crippen LogP contribution in [0.5, 0.6) is 0 Å². The highest BCUT2D eigenvalue weighted by molar-refractivity contribution is 7.91. The van der Waals surface area contributed by atoms with Crippen molar-refractivity contribution in [1.29, 1.82) is 0 Å². The summed E-state index contributed by atoms with van der Waals surface area (Å²) in [5.41, 5.74) is 0. The van der Waals surface area contributed by atoms with E-state index in [1.54, 1.807) is 17.5 Å². The number of amides is 1. The molecule has 4 atom stereocenters. The summed E-state index contributed by atoms with van der Waals surface area (Å²) in [6.07, 6.45) is 6.45. The molecule has 5 nitrogen and oxygen atoms in total. The van der Waals surface area contributed by atoms with Crippen LogP contribution in [0.15, 0.2) is 21.7 Å². The van der Waals surface area contributed by atoms with E-state index in [0.717, 1.165) is 25.2 Å². The van der Waals surface area contributed by atoms with Gasteiger partial charge in [-0.15, -0.1) is 11.3 Å². The fraction of sp³-hybridized carbons (Fsp3) is 0.706. The van der Waals surface area contributed by atoms with Gasteiger partial charge in [0.1, 0.15) is 4.21 Å². The molecule has 1 aromatic rings. The smallest absolute Gasteiger partial charge is 0.252 e. The van der Waals surface area contributed by atoms with Gasteiger partial charge in [-0.25, -0.2) is 8.42 Å². The van der Waals surface area contributed by atoms with Crippen LogP contribution in [0, 0.1) is 17.8 Å². The average molecular weight is 369 g/mol. The highest BCUT2D eigenvalue weighted by Gasteiger charge is 2.41. The van der Waals surface area contributed by atoms with Crippen molar-refractivity contribution in [3.05, 3.63) is 17.5 Å². The van der Waals surface area contributed by atoms with Gasteiger partial charge in [-0.1, -0.05) is 12.5 Å². The van der Waals surface area contributed by atoms with Crippen molar-refractivity contribution < 1.29 is 13.2 Å². The zero-order chi connectivity index (χ0) is 16.7. The minimum atomic E-state index is -3.45. The van der Waals surface area contributed by atoms with E-state index in [4.69, 9.17) is 0 Å². The molecule has 2 bridgehead atoms. The molecule has 2 heterocycles. The van der Waals surface area contributed by atoms with Gasteiger partial charge in [0.05, 0.1) is 5.92 Å². The van der Waals surface area contributed by atoms with Crippen molar-refractivity contribution in [2.24, 2.45) is 17.8 Å². The molecular weight excluding hydrogens is 344 g/mol. The predicted octanol–water partition coefficient (Wildman–Crippen LogP) is 2.45. The summed E-state index contributed by atoms with van der Waals surface area (Å²) in [7, 11) is -3.45. The second kappa shape index (κ2) is 6.42. The summed E-state index contributed by atoms with van der Waals surface area (Å²) in [4.78, 5) is 12.7. The number of nitrogens with zero attached hydrogens (tertiary/aromatic N) is 1. The summed E-state index contributed by atoms with van der Waals surface area (Å²) in [5.74, 6) is 1.28. The van der Waals surface area contributed by atoms with Crippen LogP contribution in [-0.2, 0) is 14.8 Å². The number of rotatable bonds is 4. The van der Waals surface area contributed by atoms with Crippen molar-refractivity contribution >= 4 is 27.3 Å². The molecule has 4 rings (SSSR count). The number of piperidine rings is 1. The Balaban J connectivity index is 1.40. The van der Waals surface area contributed by atoms with Crippen LogP contribution in [0.4, 0.5) is 0 Å². The van der Waals surface area contributed by atoms with Crippen molar-refractivity contribution in [3.8, 4) is 0 Å². The van der Waals surface area contributed by atoms with Gasteiger partial charge in [0.2, 0.25) is 5.91 Å². The molecule has 1 N–H and O–H groups in total. The first-order valence-electron chi connectivity index (χ1n) is 8.88. The second-order valence-electron chi connectivity index (χ2n) is 7.42. The number of thiophene rings is 1. The second-order valence-corrected chi connectivity index (χ2v) is 10.5. The molecule has 24 heavy (non-hydrogen) atoms. The van der Waals surface area contributed by atoms with E-state index in [1.807, 2.05) is 0 Å². The van der Waals surface area contributed by atoms with E-state index in [-0.39, 0.29) is 11.8 Å². The van der Waals surface area contributed by atoms with Gasteiger partial charge < -0.3 is 5.32 Å². The molecule has 7 heteroatoms. The molecule has 1 saturated heterocycles. The van der Waals surface area contributed by atoms with Crippen LogP contribution in [0.1, 0.15) is 38.5 Å². The summed E-state index contributed by atoms with van der Waals surface area (Å²) < 4.78 is 27.2. The Morgan fingerprint density at radius 2 is 2.12 bits per heavy atom. The van der Waals surface area contributed by atoms with Crippen LogP contribution in [0.2, 0.25) is 0 Å². The Morgan fingerprint density at radius 3 is 2.79 bits per heavy atom. The van der Waals surface area contributed by atoms with Crippen LogP contribution >= 0.6 is 11.3 Å². The molecule has 2 saturated carbocycles. The number of fused-ring (bicyclic) bond motifs is 2. The lowest BCUT2D eigenvalue weighted by Gasteiger charge is -2.32. The Hall–Kier alpha value is -0.920. The first-order chi connectivity index (χ1) is 11.5. The molecule has 0 spiro atoms. The number of carbonyl (C=O) groups is 1. The van der Waals surface area contributed by atoms with Crippen LogP contribution < -0.4 is 5.32 Å². The van der Waals surface area contributed by atoms with Crippen molar-refractivity contribution in [2.75, 3.05) is 13.1 Å². The molecule has 0 aromatic carbocycles. The minimum Gasteiger partial charge on any atom is -0.353 e. The SMILES string of the molecule is O=C(N[C@@H]1C[C@H]2CC[C@H]1C2)[C@@H]1CCCN(S(=O)(=O)c2cccs2)C1. The molecule has 2 aliphatic carbocycles. The topological polar surface area (TPSA) is 66.5 Å². The zero-order valence-corrected chi connectivity index (χ0v) is 15.3. The third-order valence-corrected chi connectivity index (χ3v) is 9.15. The lowest BCUT2D eigenvalue weighted by molar-refractivity contribution is -0.127. The highest BCUT2D eigenvalue weighted by Crippen LogP contribution is 2.44. The standard InChI is InChI=1S/C17H24N2O3S2/c20-17(18-15-10-12-5-6-13(15)9-12)14-3-1-7-19(11-14)24(21,22)16-4-2-8-23-16/h2,4,8,12-15H,1,3,5-7,9-11H2,(H,18,20)/t12-,13-,14+,15+/m0/s1. The summed E-state index contributed by atoms with van der Waals surface area (Å²) in [6, 6.07) is 3.71. The third kappa shape index (κ3) is 3.02. The van der Waals surface area contributed by atoms with E-state index in [2.05, 4.69) is 5.32 Å². The van der Waals surface area contributed by atoms with Gasteiger partial charge in [0.15, 0.2) is 0 Å². The van der Waals surface area contributed by atoms with Crippen molar-refractivity contribution in [3.63, 3.8) is 0 Å². The Labute approximate surface area is 147 Å². The summed E-state index contributed by atoms with van der Waals surface area (Å²) >= 11 is 1.24. The first kappa shape index (κ1) is 16.5. The Bertz CT molecular complexity index is 701. The maximum atomic E-state index is 12.7. The van der Waals surface area contributed by atoms with Gasteiger partial charge in [-0.2, -0.15) is 4.31 Å². The maximum absolute atomic E-state index is 12.7. The molecule has 3 fully saturated rings. The fourth-order valence-electron chi connectivity index (χ4n) is 4.63. The summed E-state index contributed by atoms with van der Waals surface area (Å²) in [6.45, 7) is 0.824. The number of hydrogen-bond donors (Lipinski definition) is 1. The monoisotopic (exact) mass is 368 g/mol. The number of carbonyl (C=O) groups excluding carboxylic acids is 1. The molecule has 132 valence electrons. The van der Waals surface area contributed by atoms with E-state index in [1.165, 1.54) is 34.9 Å². The summed E-state index contributed by atoms with van der Waals surface area (Å²) in [5, 5.41) is 5.00. The Morgan fingerprint density at radius 1 is 1.25 bits per heavy atom. The lowest BCUT2D eigenvalue weighted by atomic mass is 9.93. The van der Waals surface area contributed by atoms with Gasteiger partial charge in [-0.3, -0.25) is 4.79 Å². The molecule has 0 unspecified atom stereocenters. The van der Waals surface area contributed by atoms with Crippen molar-refractivity contribution in [1.82, 2.24) is 9.62 Å². The van der Waals surface area contributed by atoms with Crippen molar-refractivity contribution in [2.45, 2.75) is 48.8 Å². The number of hydrogen-bond acceptors (Lipinski definition) is 4. The predicted molar refractivity (Wildman–Crippen MR) is 93.2 cm³/mol. The minimum absolute atomic E-state index is 0.0543. The lowest BCUT2D eigenvalue weighted by Crippen LogP contribution is -2.48. The molecule has 1 amide bonds. The Kier molecular flexibility index (Phi) is 4.43. The van der Waals surface area contributed by atoms with E-state index < -0.39 is 10.0 Å². The fourth-order valence-corrected chi connectivity index (χ4v) is 7.30.